The van der Waals surface area contributed by atoms with Crippen molar-refractivity contribution in [2.75, 3.05) is 14.2 Å². The molecular formula is C14H21NO2. The minimum absolute atomic E-state index is 0.172. The van der Waals surface area contributed by atoms with Crippen LogP contribution in [-0.2, 0) is 6.54 Å². The van der Waals surface area contributed by atoms with Crippen LogP contribution in [0.4, 0.5) is 0 Å². The minimum atomic E-state index is -0.172. The van der Waals surface area contributed by atoms with Crippen molar-refractivity contribution >= 4 is 0 Å². The Labute approximate surface area is 103 Å². The largest absolute Gasteiger partial charge is 0.496 e. The van der Waals surface area contributed by atoms with Gasteiger partial charge in [-0.15, -0.1) is 0 Å². The maximum absolute atomic E-state index is 9.89. The Morgan fingerprint density at radius 1 is 1.35 bits per heavy atom. The lowest BCUT2D eigenvalue weighted by Gasteiger charge is -2.27. The molecule has 0 spiro atoms. The van der Waals surface area contributed by atoms with Gasteiger partial charge < -0.3 is 9.84 Å². The minimum Gasteiger partial charge on any atom is -0.496 e. The molecule has 0 amide bonds. The molecule has 0 aliphatic heterocycles. The number of ether oxygens (including phenoxy) is 1. The number of aliphatic hydroxyl groups excluding tert-OH is 1. The molecule has 2 rings (SSSR count). The van der Waals surface area contributed by atoms with Crippen LogP contribution in [0.2, 0.25) is 0 Å². The fourth-order valence-electron chi connectivity index (χ4n) is 2.65. The molecule has 3 nitrogen and oxygen atoms in total. The highest BCUT2D eigenvalue weighted by Crippen LogP contribution is 2.26. The second kappa shape index (κ2) is 5.52. The van der Waals surface area contributed by atoms with Crippen molar-refractivity contribution in [1.29, 1.82) is 0 Å². The van der Waals surface area contributed by atoms with Crippen LogP contribution in [0.5, 0.6) is 5.75 Å². The number of hydrogen-bond donors (Lipinski definition) is 1. The molecule has 0 radical (unpaired) electrons. The Balaban J connectivity index is 2.04. The summed E-state index contributed by atoms with van der Waals surface area (Å²) in [5, 5.41) is 9.89. The lowest BCUT2D eigenvalue weighted by molar-refractivity contribution is 0.0820. The fraction of sp³-hybridized carbons (Fsp3) is 0.571. The van der Waals surface area contributed by atoms with Gasteiger partial charge in [0.15, 0.2) is 0 Å². The molecule has 1 aliphatic rings. The van der Waals surface area contributed by atoms with Crippen molar-refractivity contribution < 1.29 is 9.84 Å². The molecule has 1 fully saturated rings. The number of nitrogens with zero attached hydrogens (tertiary/aromatic N) is 1. The first-order valence-electron chi connectivity index (χ1n) is 6.22. The molecule has 94 valence electrons. The summed E-state index contributed by atoms with van der Waals surface area (Å²) < 4.78 is 5.35. The number of aliphatic hydroxyl groups is 1. The molecule has 0 aromatic heterocycles. The van der Waals surface area contributed by atoms with Crippen molar-refractivity contribution in [3.05, 3.63) is 29.8 Å². The molecule has 0 bridgehead atoms. The number of benzene rings is 1. The van der Waals surface area contributed by atoms with E-state index >= 15 is 0 Å². The summed E-state index contributed by atoms with van der Waals surface area (Å²) in [7, 11) is 3.77. The van der Waals surface area contributed by atoms with Crippen LogP contribution >= 0.6 is 0 Å². The molecule has 0 heterocycles. The Kier molecular flexibility index (Phi) is 4.02. The molecule has 1 N–H and O–H groups in total. The molecule has 0 unspecified atom stereocenters. The van der Waals surface area contributed by atoms with Gasteiger partial charge in [0.05, 0.1) is 13.2 Å². The van der Waals surface area contributed by atoms with Gasteiger partial charge in [-0.25, -0.2) is 0 Å². The maximum Gasteiger partial charge on any atom is 0.123 e. The third kappa shape index (κ3) is 2.79. The summed E-state index contributed by atoms with van der Waals surface area (Å²) in [6.07, 6.45) is 2.98. The molecule has 3 heteroatoms. The number of methoxy groups -OCH3 is 1. The van der Waals surface area contributed by atoms with Crippen LogP contribution < -0.4 is 4.74 Å². The van der Waals surface area contributed by atoms with Gasteiger partial charge in [0, 0.05) is 18.2 Å². The van der Waals surface area contributed by atoms with Crippen LogP contribution in [0.1, 0.15) is 24.8 Å². The van der Waals surface area contributed by atoms with Gasteiger partial charge in [-0.05, 0) is 32.4 Å². The summed E-state index contributed by atoms with van der Waals surface area (Å²) in [6.45, 7) is 0.825. The Bertz CT molecular complexity index is 367. The zero-order valence-corrected chi connectivity index (χ0v) is 10.6. The summed E-state index contributed by atoms with van der Waals surface area (Å²) >= 11 is 0. The van der Waals surface area contributed by atoms with E-state index in [9.17, 15) is 5.11 Å². The van der Waals surface area contributed by atoms with Gasteiger partial charge >= 0.3 is 0 Å². The summed E-state index contributed by atoms with van der Waals surface area (Å²) in [4.78, 5) is 2.23. The van der Waals surface area contributed by atoms with Crippen molar-refractivity contribution in [2.45, 2.75) is 38.0 Å². The van der Waals surface area contributed by atoms with E-state index in [4.69, 9.17) is 4.74 Å². The standard InChI is InChI=1S/C14H21NO2/c1-15(12-7-5-8-13(12)16)10-11-6-3-4-9-14(11)17-2/h3-4,6,9,12-13,16H,5,7-8,10H2,1-2H3/t12-,13-/m0/s1. The van der Waals surface area contributed by atoms with E-state index in [1.807, 2.05) is 18.2 Å². The number of hydrogen-bond acceptors (Lipinski definition) is 3. The van der Waals surface area contributed by atoms with Gasteiger partial charge in [0.25, 0.3) is 0 Å². The predicted octanol–water partition coefficient (Wildman–Crippen LogP) is 2.04. The predicted molar refractivity (Wildman–Crippen MR) is 68.1 cm³/mol. The third-order valence-electron chi connectivity index (χ3n) is 3.62. The van der Waals surface area contributed by atoms with E-state index in [2.05, 4.69) is 18.0 Å². The Morgan fingerprint density at radius 2 is 2.12 bits per heavy atom. The highest BCUT2D eigenvalue weighted by atomic mass is 16.5. The normalized spacial score (nSPS) is 24.2. The zero-order chi connectivity index (χ0) is 12.3. The Hall–Kier alpha value is -1.06. The molecule has 0 saturated heterocycles. The number of likely N-dealkylation sites (N-methyl/N-ethyl adjacent to an activating group) is 1. The van der Waals surface area contributed by atoms with E-state index in [1.54, 1.807) is 7.11 Å². The summed E-state index contributed by atoms with van der Waals surface area (Å²) in [5.74, 6) is 0.923. The van der Waals surface area contributed by atoms with Crippen molar-refractivity contribution in [3.8, 4) is 5.75 Å². The van der Waals surface area contributed by atoms with E-state index in [-0.39, 0.29) is 6.10 Å². The molecule has 1 saturated carbocycles. The van der Waals surface area contributed by atoms with Crippen molar-refractivity contribution in [1.82, 2.24) is 4.90 Å². The number of rotatable bonds is 4. The lowest BCUT2D eigenvalue weighted by atomic mass is 10.1. The quantitative estimate of drug-likeness (QED) is 0.867. The molecule has 2 atom stereocenters. The highest BCUT2D eigenvalue weighted by molar-refractivity contribution is 5.33. The van der Waals surface area contributed by atoms with Crippen LogP contribution in [-0.4, -0.2) is 36.3 Å². The second-order valence-corrected chi connectivity index (χ2v) is 4.79. The van der Waals surface area contributed by atoms with Crippen LogP contribution in [0, 0.1) is 0 Å². The maximum atomic E-state index is 9.89. The summed E-state index contributed by atoms with van der Waals surface area (Å²) in [6, 6.07) is 8.36. The average Bonchev–Trinajstić information content (AvgIpc) is 2.76. The van der Waals surface area contributed by atoms with Gasteiger partial charge in [-0.1, -0.05) is 18.2 Å². The smallest absolute Gasteiger partial charge is 0.123 e. The molecular weight excluding hydrogens is 214 g/mol. The average molecular weight is 235 g/mol. The van der Waals surface area contributed by atoms with Gasteiger partial charge in [0.1, 0.15) is 5.75 Å². The lowest BCUT2D eigenvalue weighted by Crippen LogP contribution is -2.37. The van der Waals surface area contributed by atoms with Gasteiger partial charge in [0.2, 0.25) is 0 Å². The SMILES string of the molecule is COc1ccccc1CN(C)[C@H]1CCC[C@@H]1O. The molecule has 1 aromatic rings. The first kappa shape index (κ1) is 12.4. The van der Waals surface area contributed by atoms with Gasteiger partial charge in [-0.2, -0.15) is 0 Å². The first-order chi connectivity index (χ1) is 8.22. The van der Waals surface area contributed by atoms with Crippen LogP contribution in [0.3, 0.4) is 0 Å². The zero-order valence-electron chi connectivity index (χ0n) is 10.6. The molecule has 1 aromatic carbocycles. The first-order valence-corrected chi connectivity index (χ1v) is 6.22. The van der Waals surface area contributed by atoms with Crippen molar-refractivity contribution in [2.24, 2.45) is 0 Å². The highest BCUT2D eigenvalue weighted by Gasteiger charge is 2.28. The van der Waals surface area contributed by atoms with E-state index in [0.29, 0.717) is 6.04 Å². The molecule has 1 aliphatic carbocycles. The second-order valence-electron chi connectivity index (χ2n) is 4.79. The topological polar surface area (TPSA) is 32.7 Å². The van der Waals surface area contributed by atoms with Crippen LogP contribution in [0.15, 0.2) is 24.3 Å². The molecule has 17 heavy (non-hydrogen) atoms. The summed E-state index contributed by atoms with van der Waals surface area (Å²) in [5.41, 5.74) is 1.18. The van der Waals surface area contributed by atoms with Gasteiger partial charge in [-0.3, -0.25) is 4.90 Å². The van der Waals surface area contributed by atoms with E-state index in [1.165, 1.54) is 5.56 Å². The monoisotopic (exact) mass is 235 g/mol. The number of para-hydroxylation sites is 1. The van der Waals surface area contributed by atoms with Crippen LogP contribution in [0.25, 0.3) is 0 Å². The third-order valence-corrected chi connectivity index (χ3v) is 3.62. The van der Waals surface area contributed by atoms with Crippen molar-refractivity contribution in [3.63, 3.8) is 0 Å². The van der Waals surface area contributed by atoms with E-state index < -0.39 is 0 Å². The van der Waals surface area contributed by atoms with E-state index in [0.717, 1.165) is 31.6 Å². The fourth-order valence-corrected chi connectivity index (χ4v) is 2.65. The Morgan fingerprint density at radius 3 is 2.76 bits per heavy atom.